The van der Waals surface area contributed by atoms with E-state index in [1.54, 1.807) is 14.2 Å². The fraction of sp³-hybridized carbons (Fsp3) is 0.359. The minimum Gasteiger partial charge on any atom is -0.497 e. The predicted octanol–water partition coefficient (Wildman–Crippen LogP) is 8.77. The molecule has 2 saturated carbocycles. The molecule has 6 heteroatoms. The highest BCUT2D eigenvalue weighted by molar-refractivity contribution is 5.79. The number of methoxy groups -OCH3 is 2. The lowest BCUT2D eigenvalue weighted by Gasteiger charge is -2.30. The third kappa shape index (κ3) is 6.63. The molecule has 2 aliphatic carbocycles. The lowest BCUT2D eigenvalue weighted by Crippen LogP contribution is -2.34. The smallest absolute Gasteiger partial charge is 0.310 e. The highest BCUT2D eigenvalue weighted by Crippen LogP contribution is 2.63. The van der Waals surface area contributed by atoms with Crippen molar-refractivity contribution in [3.8, 4) is 33.8 Å². The molecule has 6 nitrogen and oxygen atoms in total. The average molecular weight is 607 g/mol. The van der Waals surface area contributed by atoms with Gasteiger partial charge in [0.05, 0.1) is 32.8 Å². The molecule has 4 aromatic carbocycles. The summed E-state index contributed by atoms with van der Waals surface area (Å²) in [7, 11) is 3.32. The Balaban J connectivity index is 1.26. The van der Waals surface area contributed by atoms with Gasteiger partial charge in [0, 0.05) is 5.92 Å². The van der Waals surface area contributed by atoms with Crippen molar-refractivity contribution in [3.05, 3.63) is 108 Å². The summed E-state index contributed by atoms with van der Waals surface area (Å²) in [6, 6.07) is 32.3. The van der Waals surface area contributed by atoms with Crippen molar-refractivity contribution in [3.63, 3.8) is 0 Å². The molecule has 0 aromatic heterocycles. The minimum atomic E-state index is -0.796. The number of carboxylic acid groups (broad SMARTS) is 1. The molecule has 0 bridgehead atoms. The van der Waals surface area contributed by atoms with Crippen molar-refractivity contribution in [2.45, 2.75) is 58.0 Å². The Labute approximate surface area is 265 Å². The topological polar surface area (TPSA) is 74.2 Å². The Morgan fingerprint density at radius 2 is 1.18 bits per heavy atom. The molecule has 45 heavy (non-hydrogen) atoms. The zero-order chi connectivity index (χ0) is 31.2. The van der Waals surface area contributed by atoms with Gasteiger partial charge >= 0.3 is 5.97 Å². The van der Waals surface area contributed by atoms with Crippen LogP contribution in [0.4, 0.5) is 0 Å². The highest BCUT2D eigenvalue weighted by atomic mass is 16.7. The second-order valence-corrected chi connectivity index (χ2v) is 12.3. The van der Waals surface area contributed by atoms with Crippen LogP contribution < -0.4 is 9.47 Å². The van der Waals surface area contributed by atoms with Crippen molar-refractivity contribution in [2.75, 3.05) is 14.2 Å². The van der Waals surface area contributed by atoms with Crippen LogP contribution in [0.25, 0.3) is 22.3 Å². The van der Waals surface area contributed by atoms with Gasteiger partial charge in [0.1, 0.15) is 11.5 Å². The fourth-order valence-corrected chi connectivity index (χ4v) is 7.17. The standard InChI is InChI=1S/C39H42O6/c1-42-32-20-16-27(17-21-32)34-14-8-6-10-29(34)25-44-37(36-24-39(36,38(40)41)31-12-4-3-5-13-31)45-26-30-11-7-9-15-35(30)28-18-22-33(43-2)23-19-28/h6-11,14-23,31,36-37H,3-5,12-13,24-26H2,1-2H3,(H,40,41). The average Bonchev–Trinajstić information content (AvgIpc) is 3.86. The fourth-order valence-electron chi connectivity index (χ4n) is 7.17. The summed E-state index contributed by atoms with van der Waals surface area (Å²) < 4.78 is 24.0. The summed E-state index contributed by atoms with van der Waals surface area (Å²) in [5, 5.41) is 10.6. The van der Waals surface area contributed by atoms with Gasteiger partial charge in [-0.3, -0.25) is 4.79 Å². The highest BCUT2D eigenvalue weighted by Gasteiger charge is 2.67. The number of aliphatic carboxylic acids is 1. The third-order valence-electron chi connectivity index (χ3n) is 9.76. The first-order valence-corrected chi connectivity index (χ1v) is 15.9. The van der Waals surface area contributed by atoms with E-state index in [2.05, 4.69) is 24.3 Å². The number of hydrogen-bond donors (Lipinski definition) is 1. The predicted molar refractivity (Wildman–Crippen MR) is 175 cm³/mol. The van der Waals surface area contributed by atoms with Crippen molar-refractivity contribution < 1.29 is 28.8 Å². The van der Waals surface area contributed by atoms with Crippen molar-refractivity contribution in [2.24, 2.45) is 17.3 Å². The van der Waals surface area contributed by atoms with E-state index in [-0.39, 0.29) is 11.8 Å². The van der Waals surface area contributed by atoms with E-state index in [4.69, 9.17) is 18.9 Å². The number of carboxylic acids is 1. The molecule has 4 aromatic rings. The first kappa shape index (κ1) is 30.9. The summed E-state index contributed by atoms with van der Waals surface area (Å²) >= 11 is 0. The van der Waals surface area contributed by atoms with E-state index < -0.39 is 17.7 Å². The van der Waals surface area contributed by atoms with E-state index in [9.17, 15) is 9.90 Å². The first-order chi connectivity index (χ1) is 22.0. The molecule has 2 atom stereocenters. The molecule has 0 saturated heterocycles. The molecule has 2 unspecified atom stereocenters. The maximum atomic E-state index is 12.9. The van der Waals surface area contributed by atoms with E-state index in [1.165, 1.54) is 6.42 Å². The largest absolute Gasteiger partial charge is 0.497 e. The normalized spacial score (nSPS) is 19.8. The molecule has 0 amide bonds. The van der Waals surface area contributed by atoms with Gasteiger partial charge < -0.3 is 24.1 Å². The van der Waals surface area contributed by atoms with Crippen LogP contribution in [-0.2, 0) is 27.5 Å². The summed E-state index contributed by atoms with van der Waals surface area (Å²) in [6.45, 7) is 0.619. The SMILES string of the molecule is COc1ccc(-c2ccccc2COC(OCc2ccccc2-c2ccc(OC)cc2)C2CC2(C(=O)O)C2CCCCC2)cc1. The van der Waals surface area contributed by atoms with Crippen LogP contribution in [0.2, 0.25) is 0 Å². The minimum absolute atomic E-state index is 0.154. The molecule has 234 valence electrons. The molecule has 0 aliphatic heterocycles. The third-order valence-corrected chi connectivity index (χ3v) is 9.76. The van der Waals surface area contributed by atoms with E-state index in [0.29, 0.717) is 19.6 Å². The molecule has 0 heterocycles. The van der Waals surface area contributed by atoms with Crippen LogP contribution in [0.15, 0.2) is 97.1 Å². The maximum absolute atomic E-state index is 12.9. The lowest BCUT2D eigenvalue weighted by molar-refractivity contribution is -0.181. The van der Waals surface area contributed by atoms with Crippen LogP contribution in [0.5, 0.6) is 11.5 Å². The van der Waals surface area contributed by atoms with Gasteiger partial charge in [-0.1, -0.05) is 92.1 Å². The van der Waals surface area contributed by atoms with Crippen molar-refractivity contribution >= 4 is 5.97 Å². The van der Waals surface area contributed by atoms with Gasteiger partial charge in [-0.2, -0.15) is 0 Å². The number of ether oxygens (including phenoxy) is 4. The second kappa shape index (κ2) is 13.9. The summed E-state index contributed by atoms with van der Waals surface area (Å²) in [4.78, 5) is 12.9. The number of hydrogen-bond acceptors (Lipinski definition) is 5. The molecular formula is C39H42O6. The second-order valence-electron chi connectivity index (χ2n) is 12.3. The molecule has 0 radical (unpaired) electrons. The van der Waals surface area contributed by atoms with Crippen LogP contribution >= 0.6 is 0 Å². The van der Waals surface area contributed by atoms with Crippen LogP contribution in [-0.4, -0.2) is 31.6 Å². The van der Waals surface area contributed by atoms with E-state index >= 15 is 0 Å². The van der Waals surface area contributed by atoms with Gasteiger partial charge in [0.2, 0.25) is 0 Å². The van der Waals surface area contributed by atoms with Crippen LogP contribution in [0.1, 0.15) is 49.7 Å². The van der Waals surface area contributed by atoms with Crippen molar-refractivity contribution in [1.29, 1.82) is 0 Å². The first-order valence-electron chi connectivity index (χ1n) is 15.9. The Kier molecular flexibility index (Phi) is 9.53. The van der Waals surface area contributed by atoms with Gasteiger partial charge in [0.15, 0.2) is 6.29 Å². The Bertz CT molecular complexity index is 1480. The Hall–Kier alpha value is -4.13. The van der Waals surface area contributed by atoms with E-state index in [1.807, 2.05) is 72.8 Å². The quantitative estimate of drug-likeness (QED) is 0.153. The summed E-state index contributed by atoms with van der Waals surface area (Å²) in [6.07, 6.45) is 5.18. The molecule has 6 rings (SSSR count). The summed E-state index contributed by atoms with van der Waals surface area (Å²) in [5.74, 6) is 0.838. The molecule has 1 N–H and O–H groups in total. The Morgan fingerprint density at radius 1 is 0.711 bits per heavy atom. The van der Waals surface area contributed by atoms with Crippen molar-refractivity contribution in [1.82, 2.24) is 0 Å². The number of rotatable bonds is 13. The van der Waals surface area contributed by atoms with Gasteiger partial charge in [-0.25, -0.2) is 0 Å². The number of benzene rings is 4. The summed E-state index contributed by atoms with van der Waals surface area (Å²) in [5.41, 5.74) is 5.51. The van der Waals surface area contributed by atoms with Gasteiger partial charge in [-0.15, -0.1) is 0 Å². The van der Waals surface area contributed by atoms with Crippen LogP contribution in [0, 0.1) is 17.3 Å². The zero-order valence-corrected chi connectivity index (χ0v) is 26.1. The molecule has 2 fully saturated rings. The zero-order valence-electron chi connectivity index (χ0n) is 26.1. The van der Waals surface area contributed by atoms with Gasteiger partial charge in [0.25, 0.3) is 0 Å². The Morgan fingerprint density at radius 3 is 1.62 bits per heavy atom. The van der Waals surface area contributed by atoms with E-state index in [0.717, 1.165) is 70.6 Å². The maximum Gasteiger partial charge on any atom is 0.310 e. The molecule has 0 spiro atoms. The molecule has 2 aliphatic rings. The number of carbonyl (C=O) groups is 1. The van der Waals surface area contributed by atoms with Gasteiger partial charge in [-0.05, 0) is 82.8 Å². The monoisotopic (exact) mass is 606 g/mol. The lowest BCUT2D eigenvalue weighted by atomic mass is 9.76. The van der Waals surface area contributed by atoms with Crippen LogP contribution in [0.3, 0.4) is 0 Å². The molecular weight excluding hydrogens is 564 g/mol.